The van der Waals surface area contributed by atoms with Gasteiger partial charge >= 0.3 is 0 Å². The van der Waals surface area contributed by atoms with Gasteiger partial charge in [-0.05, 0) is 29.2 Å². The molecule has 0 saturated carbocycles. The fraction of sp³-hybridized carbons (Fsp3) is 0.0392. The van der Waals surface area contributed by atoms with E-state index < -0.39 is 0 Å². The topological polar surface area (TPSA) is 70.4 Å². The minimum absolute atomic E-state index is 0. The van der Waals surface area contributed by atoms with Crippen molar-refractivity contribution in [1.29, 1.82) is 0 Å². The maximum absolute atomic E-state index is 4.08. The summed E-state index contributed by atoms with van der Waals surface area (Å²) < 4.78 is 8.30. The second-order valence-electron chi connectivity index (χ2n) is 14.1. The summed E-state index contributed by atoms with van der Waals surface area (Å²) in [5.41, 5.74) is 8.19. The summed E-state index contributed by atoms with van der Waals surface area (Å²) >= 11 is 0. The summed E-state index contributed by atoms with van der Waals surface area (Å²) in [6, 6.07) is 63.5. The van der Waals surface area contributed by atoms with Gasteiger partial charge in [0.1, 0.15) is 0 Å². The largest absolute Gasteiger partial charge is 0.358 e. The van der Waals surface area contributed by atoms with Crippen LogP contribution in [0.5, 0.6) is 0 Å². The Morgan fingerprint density at radius 3 is 1.38 bits per heavy atom. The summed E-state index contributed by atoms with van der Waals surface area (Å²) in [5.74, 6) is 0. The SMILES string of the molecule is C[n+]1[c-]n(-c2[c-]c3ccccc3c3ccccc23)c2ccccc21.C[n+]1[c-]n(-c2[c-]c3ccccc3c3ccccc23)c2ccccc21.[Ir].c1ccc(-c2cnn[n-]2)nc1. The number of hydrogen-bond donors (Lipinski definition) is 0. The number of fused-ring (bicyclic) bond motifs is 8. The van der Waals surface area contributed by atoms with Crippen LogP contribution in [0.1, 0.15) is 0 Å². The molecule has 12 aromatic rings. The van der Waals surface area contributed by atoms with E-state index in [2.05, 4.69) is 200 Å². The molecule has 0 unspecified atom stereocenters. The first-order valence-corrected chi connectivity index (χ1v) is 19.3. The fourth-order valence-electron chi connectivity index (χ4n) is 7.79. The van der Waals surface area contributed by atoms with Gasteiger partial charge in [-0.2, -0.15) is 0 Å². The third kappa shape index (κ3) is 7.00. The second kappa shape index (κ2) is 16.5. The van der Waals surface area contributed by atoms with Crippen LogP contribution in [0.2, 0.25) is 0 Å². The van der Waals surface area contributed by atoms with E-state index in [4.69, 9.17) is 0 Å². The van der Waals surface area contributed by atoms with Crippen LogP contribution in [0.4, 0.5) is 0 Å². The summed E-state index contributed by atoms with van der Waals surface area (Å²) in [7, 11) is 4.06. The maximum Gasteiger partial charge on any atom is 0.242 e. The monoisotopic (exact) mass is 952 g/mol. The molecule has 0 atom stereocenters. The first-order valence-electron chi connectivity index (χ1n) is 19.3. The minimum atomic E-state index is 0. The third-order valence-electron chi connectivity index (χ3n) is 10.5. The molecule has 0 bridgehead atoms. The van der Waals surface area contributed by atoms with Crippen LogP contribution in [-0.4, -0.2) is 24.4 Å². The first kappa shape index (κ1) is 38.2. The van der Waals surface area contributed by atoms with Crippen LogP contribution in [0.15, 0.2) is 176 Å². The molecule has 4 heterocycles. The molecule has 8 aromatic carbocycles. The van der Waals surface area contributed by atoms with Crippen LogP contribution in [0, 0.1) is 24.8 Å². The Kier molecular flexibility index (Phi) is 10.5. The Morgan fingerprint density at radius 2 is 0.917 bits per heavy atom. The summed E-state index contributed by atoms with van der Waals surface area (Å²) in [4.78, 5) is 4.08. The normalized spacial score (nSPS) is 11.0. The molecule has 12 rings (SSSR count). The molecule has 0 N–H and O–H groups in total. The van der Waals surface area contributed by atoms with Gasteiger partial charge in [-0.3, -0.25) is 10.2 Å². The van der Waals surface area contributed by atoms with E-state index in [1.807, 2.05) is 41.4 Å². The summed E-state index contributed by atoms with van der Waals surface area (Å²) in [6.45, 7) is 0. The smallest absolute Gasteiger partial charge is 0.242 e. The van der Waals surface area contributed by atoms with Gasteiger partial charge in [-0.25, -0.2) is 0 Å². The van der Waals surface area contributed by atoms with E-state index in [0.717, 1.165) is 49.9 Å². The van der Waals surface area contributed by atoms with Crippen molar-refractivity contribution in [3.05, 3.63) is 201 Å². The molecule has 0 aliphatic heterocycles. The average Bonchev–Trinajstić information content (AvgIpc) is 4.05. The molecule has 0 fully saturated rings. The standard InChI is InChI=1S/2C22H15N2.C7H5N4.Ir/c2*1-23-15-24(21-13-7-6-12-20(21)23)22-14-16-8-2-3-9-17(16)18-10-4-5-11-19(18)22;1-2-4-8-6(3-1)7-5-9-11-10-7;/h2*2-13H,1H3;1-5H;/q3*-1;. The zero-order chi connectivity index (χ0) is 39.7. The molecule has 0 aliphatic rings. The Morgan fingerprint density at radius 1 is 0.483 bits per heavy atom. The van der Waals surface area contributed by atoms with Crippen molar-refractivity contribution in [2.45, 2.75) is 0 Å². The quantitative estimate of drug-likeness (QED) is 0.101. The summed E-state index contributed by atoms with van der Waals surface area (Å²) in [6.07, 6.45) is 10.2. The van der Waals surface area contributed by atoms with Gasteiger partial charge in [0, 0.05) is 26.3 Å². The zero-order valence-electron chi connectivity index (χ0n) is 32.7. The molecule has 0 spiro atoms. The van der Waals surface area contributed by atoms with Crippen LogP contribution < -0.4 is 14.2 Å². The average molecular weight is 952 g/mol. The molecule has 4 aromatic heterocycles. The molecule has 0 aliphatic carbocycles. The molecule has 0 saturated heterocycles. The second-order valence-corrected chi connectivity index (χ2v) is 14.1. The number of pyridine rings is 1. The Bertz CT molecular complexity index is 3230. The molecule has 8 nitrogen and oxygen atoms in total. The van der Waals surface area contributed by atoms with E-state index in [1.165, 1.54) is 32.3 Å². The Balaban J connectivity index is 0.000000122. The van der Waals surface area contributed by atoms with Gasteiger partial charge in [-0.15, -0.1) is 70.1 Å². The number of rotatable bonds is 3. The number of aromatic nitrogens is 8. The predicted octanol–water partition coefficient (Wildman–Crippen LogP) is 9.22. The fourth-order valence-corrected chi connectivity index (χ4v) is 7.79. The van der Waals surface area contributed by atoms with Gasteiger partial charge in [0.2, 0.25) is 12.7 Å². The van der Waals surface area contributed by atoms with E-state index in [0.29, 0.717) is 5.69 Å². The molecule has 1 radical (unpaired) electrons. The van der Waals surface area contributed by atoms with Crippen LogP contribution in [0.3, 0.4) is 0 Å². The first-order chi connectivity index (χ1) is 29.1. The van der Waals surface area contributed by atoms with Gasteiger partial charge in [0.05, 0.1) is 41.9 Å². The van der Waals surface area contributed by atoms with Crippen molar-refractivity contribution >= 4 is 65.2 Å². The molecule has 0 amide bonds. The van der Waals surface area contributed by atoms with Crippen LogP contribution in [-0.2, 0) is 34.2 Å². The predicted molar refractivity (Wildman–Crippen MR) is 233 cm³/mol. The van der Waals surface area contributed by atoms with Crippen molar-refractivity contribution in [2.24, 2.45) is 14.1 Å². The van der Waals surface area contributed by atoms with Gasteiger partial charge in [0.25, 0.3) is 0 Å². The molecule has 9 heteroatoms. The van der Waals surface area contributed by atoms with E-state index in [-0.39, 0.29) is 20.1 Å². The number of benzene rings is 8. The molecular weight excluding hydrogens is 917 g/mol. The van der Waals surface area contributed by atoms with Gasteiger partial charge < -0.3 is 28.5 Å². The molecular formula is C51H35IrN8-3. The number of para-hydroxylation sites is 4. The van der Waals surface area contributed by atoms with E-state index in [1.54, 1.807) is 12.4 Å². The Hall–Kier alpha value is -7.32. The minimum Gasteiger partial charge on any atom is -0.358 e. The van der Waals surface area contributed by atoms with Crippen LogP contribution in [0.25, 0.3) is 87.9 Å². The number of hydrogen-bond acceptors (Lipinski definition) is 3. The van der Waals surface area contributed by atoms with Crippen molar-refractivity contribution in [1.82, 2.24) is 29.5 Å². The van der Waals surface area contributed by atoms with Gasteiger partial charge in [-0.1, -0.05) is 143 Å². The van der Waals surface area contributed by atoms with Crippen molar-refractivity contribution in [3.8, 4) is 22.8 Å². The number of nitrogens with zero attached hydrogens (tertiary/aromatic N) is 8. The molecule has 291 valence electrons. The van der Waals surface area contributed by atoms with Crippen molar-refractivity contribution < 1.29 is 29.2 Å². The van der Waals surface area contributed by atoms with Crippen LogP contribution >= 0.6 is 0 Å². The third-order valence-corrected chi connectivity index (χ3v) is 10.5. The van der Waals surface area contributed by atoms with Crippen molar-refractivity contribution in [3.63, 3.8) is 0 Å². The Labute approximate surface area is 360 Å². The van der Waals surface area contributed by atoms with E-state index in [9.17, 15) is 0 Å². The molecule has 60 heavy (non-hydrogen) atoms. The zero-order valence-corrected chi connectivity index (χ0v) is 35.0. The summed E-state index contributed by atoms with van der Waals surface area (Å²) in [5, 5.41) is 20.4. The van der Waals surface area contributed by atoms with Gasteiger partial charge in [0.15, 0.2) is 0 Å². The number of aryl methyl sites for hydroxylation is 2. The number of imidazole rings is 2. The maximum atomic E-state index is 4.08. The van der Waals surface area contributed by atoms with Crippen molar-refractivity contribution in [2.75, 3.05) is 0 Å². The van der Waals surface area contributed by atoms with E-state index >= 15 is 0 Å².